The highest BCUT2D eigenvalue weighted by Crippen LogP contribution is 2.30. The first-order valence-electron chi connectivity index (χ1n) is 9.65. The second-order valence-corrected chi connectivity index (χ2v) is 5.52. The molecule has 1 N–H and O–H groups in total. The van der Waals surface area contributed by atoms with Gasteiger partial charge >= 0.3 is 6.18 Å². The van der Waals surface area contributed by atoms with Crippen LogP contribution in [0.25, 0.3) is 0 Å². The Morgan fingerprint density at radius 3 is 1.60 bits per heavy atom. The number of benzene rings is 1. The molecule has 0 amide bonds. The molecule has 4 heteroatoms. The van der Waals surface area contributed by atoms with Gasteiger partial charge in [0.2, 0.25) is 0 Å². The average molecular weight is 364 g/mol. The van der Waals surface area contributed by atoms with Gasteiger partial charge in [-0.05, 0) is 57.0 Å². The van der Waals surface area contributed by atoms with E-state index in [0.717, 1.165) is 5.56 Å². The summed E-state index contributed by atoms with van der Waals surface area (Å²) in [5.41, 5.74) is 0.836. The normalized spacial score (nSPS) is 9.72. The van der Waals surface area contributed by atoms with Crippen LogP contribution in [0.2, 0.25) is 0 Å². The molecule has 0 fully saturated rings. The highest BCUT2D eigenvalue weighted by molar-refractivity contribution is 5.31. The predicted octanol–water partition coefficient (Wildman–Crippen LogP) is 7.41. The van der Waals surface area contributed by atoms with Crippen molar-refractivity contribution in [3.05, 3.63) is 34.9 Å². The summed E-state index contributed by atoms with van der Waals surface area (Å²) in [6.07, 6.45) is 0.153. The van der Waals surface area contributed by atoms with Crippen LogP contribution in [0, 0.1) is 6.92 Å². The van der Waals surface area contributed by atoms with Crippen molar-refractivity contribution in [2.75, 3.05) is 13.1 Å². The van der Waals surface area contributed by atoms with Crippen LogP contribution in [0.4, 0.5) is 13.2 Å². The minimum absolute atomic E-state index is 0.552. The Morgan fingerprint density at radius 2 is 1.28 bits per heavy atom. The molecule has 1 nitrogen and oxygen atoms in total. The maximum absolute atomic E-state index is 12.3. The van der Waals surface area contributed by atoms with Crippen molar-refractivity contribution in [3.63, 3.8) is 0 Å². The van der Waals surface area contributed by atoms with Crippen LogP contribution < -0.4 is 5.32 Å². The number of nitrogens with one attached hydrogen (secondary N) is 1. The Labute approximate surface area is 154 Å². The van der Waals surface area contributed by atoms with Crippen LogP contribution in [0.3, 0.4) is 0 Å². The van der Waals surface area contributed by atoms with Gasteiger partial charge in [0.05, 0.1) is 5.56 Å². The Balaban J connectivity index is -0.000000341. The highest BCUT2D eigenvalue weighted by atomic mass is 19.4. The number of hydrogen-bond acceptors (Lipinski definition) is 1. The average Bonchev–Trinajstić information content (AvgIpc) is 2.57. The molecule has 1 aromatic carbocycles. The first kappa shape index (κ1) is 28.8. The topological polar surface area (TPSA) is 12.0 Å². The third kappa shape index (κ3) is 19.1. The van der Waals surface area contributed by atoms with Crippen molar-refractivity contribution in [2.45, 2.75) is 87.2 Å². The Kier molecular flexibility index (Phi) is 22.2. The molecule has 0 aromatic heterocycles. The van der Waals surface area contributed by atoms with Crippen molar-refractivity contribution in [1.29, 1.82) is 0 Å². The van der Waals surface area contributed by atoms with E-state index in [9.17, 15) is 13.2 Å². The van der Waals surface area contributed by atoms with Crippen LogP contribution in [-0.2, 0) is 12.6 Å². The molecule has 0 unspecified atom stereocenters. The standard InChI is InChI=1S/C10H11F3.C6H15N.C3H8.C2H6/c1-3-8-4-7(2)5-9(6-8)10(11,12)13;1-3-5-7-6-4-2;1-3-2;1-2/h4-6H,3H2,1-2H3;7H,3-6H2,1-2H3;3H2,1-2H3;1-2H3. The zero-order valence-corrected chi connectivity index (χ0v) is 17.6. The van der Waals surface area contributed by atoms with Crippen LogP contribution in [-0.4, -0.2) is 13.1 Å². The van der Waals surface area contributed by atoms with Gasteiger partial charge in [-0.2, -0.15) is 13.2 Å². The van der Waals surface area contributed by atoms with Crippen molar-refractivity contribution >= 4 is 0 Å². The molecule has 0 saturated carbocycles. The molecule has 0 heterocycles. The van der Waals surface area contributed by atoms with E-state index in [1.807, 2.05) is 20.8 Å². The van der Waals surface area contributed by atoms with Crippen molar-refractivity contribution in [3.8, 4) is 0 Å². The summed E-state index contributed by atoms with van der Waals surface area (Å²) in [4.78, 5) is 0. The van der Waals surface area contributed by atoms with Gasteiger partial charge in [0, 0.05) is 0 Å². The fourth-order valence-corrected chi connectivity index (χ4v) is 1.71. The summed E-state index contributed by atoms with van der Waals surface area (Å²) in [5.74, 6) is 0. The summed E-state index contributed by atoms with van der Waals surface area (Å²) in [7, 11) is 0. The van der Waals surface area contributed by atoms with E-state index in [0.29, 0.717) is 12.0 Å². The molecule has 150 valence electrons. The molecule has 0 atom stereocenters. The fraction of sp³-hybridized carbons (Fsp3) is 0.714. The summed E-state index contributed by atoms with van der Waals surface area (Å²) < 4.78 is 36.9. The Hall–Kier alpha value is -1.03. The van der Waals surface area contributed by atoms with E-state index >= 15 is 0 Å². The van der Waals surface area contributed by atoms with Gasteiger partial charge < -0.3 is 5.32 Å². The molecule has 0 saturated heterocycles. The quantitative estimate of drug-likeness (QED) is 0.537. The van der Waals surface area contributed by atoms with Gasteiger partial charge in [-0.25, -0.2) is 0 Å². The molecule has 0 bridgehead atoms. The largest absolute Gasteiger partial charge is 0.416 e. The molecular formula is C21H40F3N. The molecule has 1 aromatic rings. The smallest absolute Gasteiger partial charge is 0.317 e. The van der Waals surface area contributed by atoms with E-state index < -0.39 is 11.7 Å². The second-order valence-electron chi connectivity index (χ2n) is 5.52. The van der Waals surface area contributed by atoms with Crippen molar-refractivity contribution in [1.82, 2.24) is 5.32 Å². The van der Waals surface area contributed by atoms with Crippen LogP contribution in [0.1, 0.15) is 84.4 Å². The third-order valence-electron chi connectivity index (χ3n) is 2.73. The Bertz CT molecular complexity index is 383. The monoisotopic (exact) mass is 363 g/mol. The zero-order valence-electron chi connectivity index (χ0n) is 17.6. The van der Waals surface area contributed by atoms with E-state index in [1.54, 1.807) is 13.0 Å². The maximum atomic E-state index is 12.3. The zero-order chi connectivity index (χ0) is 20.3. The molecule has 1 rings (SSSR count). The number of rotatable bonds is 5. The number of halogens is 3. The molecule has 0 radical (unpaired) electrons. The van der Waals surface area contributed by atoms with Gasteiger partial charge in [-0.15, -0.1) is 0 Å². The van der Waals surface area contributed by atoms with Crippen molar-refractivity contribution in [2.24, 2.45) is 0 Å². The highest BCUT2D eigenvalue weighted by Gasteiger charge is 2.30. The van der Waals surface area contributed by atoms with Gasteiger partial charge in [0.25, 0.3) is 0 Å². The SMILES string of the molecule is CC.CCC.CCCNCCC.CCc1cc(C)cc(C(F)(F)F)c1. The molecule has 0 spiro atoms. The Morgan fingerprint density at radius 1 is 0.840 bits per heavy atom. The first-order valence-corrected chi connectivity index (χ1v) is 9.65. The van der Waals surface area contributed by atoms with E-state index in [-0.39, 0.29) is 0 Å². The first-order chi connectivity index (χ1) is 11.8. The number of alkyl halides is 3. The fourth-order valence-electron chi connectivity index (χ4n) is 1.71. The maximum Gasteiger partial charge on any atom is 0.416 e. The van der Waals surface area contributed by atoms with Crippen LogP contribution in [0.15, 0.2) is 18.2 Å². The summed E-state index contributed by atoms with van der Waals surface area (Å²) in [6, 6.07) is 4.14. The van der Waals surface area contributed by atoms with E-state index in [1.165, 1.54) is 44.5 Å². The summed E-state index contributed by atoms with van der Waals surface area (Å²) in [5, 5.41) is 3.28. The van der Waals surface area contributed by atoms with Gasteiger partial charge in [-0.3, -0.25) is 0 Å². The van der Waals surface area contributed by atoms with E-state index in [4.69, 9.17) is 0 Å². The minimum atomic E-state index is -4.23. The molecule has 0 aliphatic rings. The lowest BCUT2D eigenvalue weighted by atomic mass is 10.0. The molecule has 25 heavy (non-hydrogen) atoms. The minimum Gasteiger partial charge on any atom is -0.317 e. The molecular weight excluding hydrogens is 323 g/mol. The second kappa shape index (κ2) is 19.3. The van der Waals surface area contributed by atoms with Gasteiger partial charge in [-0.1, -0.05) is 66.5 Å². The van der Waals surface area contributed by atoms with Crippen LogP contribution >= 0.6 is 0 Å². The lowest BCUT2D eigenvalue weighted by Gasteiger charge is -2.09. The van der Waals surface area contributed by atoms with Gasteiger partial charge in [0.15, 0.2) is 0 Å². The van der Waals surface area contributed by atoms with E-state index in [2.05, 4.69) is 33.0 Å². The lowest BCUT2D eigenvalue weighted by Crippen LogP contribution is -2.14. The van der Waals surface area contributed by atoms with Gasteiger partial charge in [0.1, 0.15) is 0 Å². The lowest BCUT2D eigenvalue weighted by molar-refractivity contribution is -0.137. The van der Waals surface area contributed by atoms with Crippen molar-refractivity contribution < 1.29 is 13.2 Å². The number of aryl methyl sites for hydroxylation is 2. The summed E-state index contributed by atoms with van der Waals surface area (Å²) in [6.45, 7) is 18.5. The summed E-state index contributed by atoms with van der Waals surface area (Å²) >= 11 is 0. The number of hydrogen-bond donors (Lipinski definition) is 1. The predicted molar refractivity (Wildman–Crippen MR) is 106 cm³/mol. The van der Waals surface area contributed by atoms with Crippen LogP contribution in [0.5, 0.6) is 0 Å². The molecule has 0 aliphatic heterocycles. The molecule has 0 aliphatic carbocycles. The third-order valence-corrected chi connectivity index (χ3v) is 2.73.